The van der Waals surface area contributed by atoms with Gasteiger partial charge < -0.3 is 15.5 Å². The minimum atomic E-state index is 0. The van der Waals surface area contributed by atoms with E-state index < -0.39 is 0 Å². The second kappa shape index (κ2) is 12.4. The molecule has 1 aromatic carbocycles. The van der Waals surface area contributed by atoms with Gasteiger partial charge in [0, 0.05) is 43.5 Å². The number of nitrogens with one attached hydrogen (secondary N) is 2. The second-order valence-corrected chi connectivity index (χ2v) is 8.50. The number of nitrogens with zero attached hydrogens (tertiary/aromatic N) is 3. The Balaban J connectivity index is 0.00000272. The average Bonchev–Trinajstić information content (AvgIpc) is 3.34. The zero-order valence-corrected chi connectivity index (χ0v) is 20.9. The molecule has 1 saturated heterocycles. The highest BCUT2D eigenvalue weighted by Crippen LogP contribution is 2.26. The molecule has 4 rings (SSSR count). The van der Waals surface area contributed by atoms with Crippen molar-refractivity contribution in [1.82, 2.24) is 20.5 Å². The van der Waals surface area contributed by atoms with Crippen LogP contribution in [0.2, 0.25) is 0 Å². The lowest BCUT2D eigenvalue weighted by Crippen LogP contribution is -2.50. The van der Waals surface area contributed by atoms with Gasteiger partial charge in [0.1, 0.15) is 0 Å². The van der Waals surface area contributed by atoms with Crippen LogP contribution >= 0.6 is 24.0 Å². The number of rotatable bonds is 6. The number of piperidine rings is 1. The molecule has 0 bridgehead atoms. The Morgan fingerprint density at radius 1 is 1.06 bits per heavy atom. The summed E-state index contributed by atoms with van der Waals surface area (Å²) >= 11 is 0. The summed E-state index contributed by atoms with van der Waals surface area (Å²) in [6.45, 7) is 6.10. The highest BCUT2D eigenvalue weighted by molar-refractivity contribution is 14.0. The fourth-order valence-corrected chi connectivity index (χ4v) is 4.72. The predicted molar refractivity (Wildman–Crippen MR) is 140 cm³/mol. The van der Waals surface area contributed by atoms with Gasteiger partial charge in [-0.05, 0) is 56.4 Å². The third-order valence-electron chi connectivity index (χ3n) is 6.36. The Morgan fingerprint density at radius 3 is 2.58 bits per heavy atom. The number of guanidine groups is 1. The zero-order chi connectivity index (χ0) is 20.6. The lowest BCUT2D eigenvalue weighted by atomic mass is 10.0. The molecule has 2 aliphatic rings. The van der Waals surface area contributed by atoms with Crippen molar-refractivity contribution in [1.29, 1.82) is 0 Å². The number of hydrogen-bond donors (Lipinski definition) is 2. The van der Waals surface area contributed by atoms with Crippen molar-refractivity contribution in [2.45, 2.75) is 64.1 Å². The molecule has 1 aliphatic carbocycles. The lowest BCUT2D eigenvalue weighted by molar-refractivity contribution is 0.150. The molecule has 6 heteroatoms. The fraction of sp³-hybridized carbons (Fsp3) is 0.520. The standard InChI is InChI=1S/C25H35N5.HI/c1-2-26-25(29-22-13-16-30(17-14-22)23-10-3-4-11-23)28-19-20-8-7-9-21(18-20)24-12-5-6-15-27-24;/h5-9,12,15,18,22-23H,2-4,10-11,13-14,16-17,19H2,1H3,(H2,26,28,29);1H. The Morgan fingerprint density at radius 2 is 1.87 bits per heavy atom. The third kappa shape index (κ3) is 6.91. The van der Waals surface area contributed by atoms with E-state index in [1.54, 1.807) is 0 Å². The number of halogens is 1. The van der Waals surface area contributed by atoms with E-state index in [-0.39, 0.29) is 24.0 Å². The van der Waals surface area contributed by atoms with E-state index in [4.69, 9.17) is 4.99 Å². The first-order valence-corrected chi connectivity index (χ1v) is 11.6. The number of likely N-dealkylation sites (tertiary alicyclic amines) is 1. The Bertz CT molecular complexity index is 812. The van der Waals surface area contributed by atoms with Crippen LogP contribution in [0.3, 0.4) is 0 Å². The molecule has 0 atom stereocenters. The topological polar surface area (TPSA) is 52.6 Å². The van der Waals surface area contributed by atoms with E-state index in [1.807, 2.05) is 24.4 Å². The molecule has 1 saturated carbocycles. The molecule has 0 spiro atoms. The summed E-state index contributed by atoms with van der Waals surface area (Å²) in [5, 5.41) is 7.11. The molecular formula is C25H36IN5. The van der Waals surface area contributed by atoms with E-state index in [9.17, 15) is 0 Å². The predicted octanol–water partition coefficient (Wildman–Crippen LogP) is 4.83. The second-order valence-electron chi connectivity index (χ2n) is 8.50. The summed E-state index contributed by atoms with van der Waals surface area (Å²) < 4.78 is 0. The Kier molecular flexibility index (Phi) is 9.58. The zero-order valence-electron chi connectivity index (χ0n) is 18.6. The monoisotopic (exact) mass is 533 g/mol. The summed E-state index contributed by atoms with van der Waals surface area (Å²) in [7, 11) is 0. The van der Waals surface area contributed by atoms with E-state index in [1.165, 1.54) is 57.2 Å². The summed E-state index contributed by atoms with van der Waals surface area (Å²) in [6, 6.07) is 15.9. The highest BCUT2D eigenvalue weighted by Gasteiger charge is 2.27. The van der Waals surface area contributed by atoms with Gasteiger partial charge in [0.05, 0.1) is 12.2 Å². The van der Waals surface area contributed by atoms with Gasteiger partial charge in [-0.2, -0.15) is 0 Å². The minimum absolute atomic E-state index is 0. The molecule has 0 unspecified atom stereocenters. The van der Waals surface area contributed by atoms with Crippen LogP contribution in [-0.4, -0.2) is 47.6 Å². The molecule has 2 aromatic rings. The molecule has 5 nitrogen and oxygen atoms in total. The SMILES string of the molecule is CCNC(=NCc1cccc(-c2ccccn2)c1)NC1CCN(C2CCCC2)CC1.I. The summed E-state index contributed by atoms with van der Waals surface area (Å²) in [6.07, 6.45) is 9.89. The highest BCUT2D eigenvalue weighted by atomic mass is 127. The summed E-state index contributed by atoms with van der Waals surface area (Å²) in [5.74, 6) is 0.931. The smallest absolute Gasteiger partial charge is 0.191 e. The van der Waals surface area contributed by atoms with Gasteiger partial charge in [0.25, 0.3) is 0 Å². The number of hydrogen-bond acceptors (Lipinski definition) is 3. The first kappa shape index (κ1) is 24.0. The molecule has 2 heterocycles. The van der Waals surface area contributed by atoms with Crippen molar-refractivity contribution >= 4 is 29.9 Å². The molecule has 1 aliphatic heterocycles. The minimum Gasteiger partial charge on any atom is -0.357 e. The Labute approximate surface area is 204 Å². The number of aliphatic imine (C=N–C) groups is 1. The van der Waals surface area contributed by atoms with Gasteiger partial charge >= 0.3 is 0 Å². The van der Waals surface area contributed by atoms with E-state index >= 15 is 0 Å². The molecule has 0 amide bonds. The maximum absolute atomic E-state index is 4.87. The van der Waals surface area contributed by atoms with Crippen molar-refractivity contribution in [2.24, 2.45) is 4.99 Å². The Hall–Kier alpha value is -1.67. The van der Waals surface area contributed by atoms with Crippen LogP contribution in [-0.2, 0) is 6.54 Å². The maximum Gasteiger partial charge on any atom is 0.191 e. The number of aromatic nitrogens is 1. The maximum atomic E-state index is 4.87. The van der Waals surface area contributed by atoms with Crippen molar-refractivity contribution in [2.75, 3.05) is 19.6 Å². The van der Waals surface area contributed by atoms with Crippen LogP contribution in [0.1, 0.15) is 51.0 Å². The van der Waals surface area contributed by atoms with Crippen LogP contribution in [0, 0.1) is 0 Å². The van der Waals surface area contributed by atoms with Gasteiger partial charge in [-0.1, -0.05) is 37.1 Å². The van der Waals surface area contributed by atoms with Gasteiger partial charge in [-0.15, -0.1) is 24.0 Å². The van der Waals surface area contributed by atoms with Crippen molar-refractivity contribution < 1.29 is 0 Å². The summed E-state index contributed by atoms with van der Waals surface area (Å²) in [5.41, 5.74) is 3.34. The van der Waals surface area contributed by atoms with Crippen LogP contribution in [0.4, 0.5) is 0 Å². The van der Waals surface area contributed by atoms with E-state index in [0.29, 0.717) is 12.6 Å². The van der Waals surface area contributed by atoms with Gasteiger partial charge in [0.2, 0.25) is 0 Å². The summed E-state index contributed by atoms with van der Waals surface area (Å²) in [4.78, 5) is 12.1. The van der Waals surface area contributed by atoms with Gasteiger partial charge in [0.15, 0.2) is 5.96 Å². The molecule has 31 heavy (non-hydrogen) atoms. The largest absolute Gasteiger partial charge is 0.357 e. The number of pyridine rings is 1. The quantitative estimate of drug-likeness (QED) is 0.318. The van der Waals surface area contributed by atoms with Gasteiger partial charge in [-0.3, -0.25) is 4.98 Å². The average molecular weight is 534 g/mol. The van der Waals surface area contributed by atoms with Crippen molar-refractivity contribution in [3.05, 3.63) is 54.2 Å². The van der Waals surface area contributed by atoms with E-state index in [2.05, 4.69) is 51.7 Å². The first-order valence-electron chi connectivity index (χ1n) is 11.6. The van der Waals surface area contributed by atoms with Gasteiger partial charge in [-0.25, -0.2) is 4.99 Å². The third-order valence-corrected chi connectivity index (χ3v) is 6.36. The van der Waals surface area contributed by atoms with Crippen molar-refractivity contribution in [3.8, 4) is 11.3 Å². The van der Waals surface area contributed by atoms with Crippen LogP contribution in [0.5, 0.6) is 0 Å². The van der Waals surface area contributed by atoms with Crippen LogP contribution in [0.25, 0.3) is 11.3 Å². The van der Waals surface area contributed by atoms with E-state index in [0.717, 1.165) is 29.8 Å². The number of benzene rings is 1. The first-order chi connectivity index (χ1) is 14.8. The van der Waals surface area contributed by atoms with Crippen molar-refractivity contribution in [3.63, 3.8) is 0 Å². The molecule has 168 valence electrons. The van der Waals surface area contributed by atoms with Crippen LogP contribution < -0.4 is 10.6 Å². The fourth-order valence-electron chi connectivity index (χ4n) is 4.72. The molecule has 2 N–H and O–H groups in total. The molecule has 2 fully saturated rings. The van der Waals surface area contributed by atoms with Crippen LogP contribution in [0.15, 0.2) is 53.7 Å². The normalized spacial score (nSPS) is 18.5. The molecule has 0 radical (unpaired) electrons. The molecule has 1 aromatic heterocycles. The lowest BCUT2D eigenvalue weighted by Gasteiger charge is -2.36. The molecular weight excluding hydrogens is 497 g/mol.